The normalized spacial score (nSPS) is 15.3. The van der Waals surface area contributed by atoms with Crippen LogP contribution in [0.25, 0.3) is 10.2 Å². The summed E-state index contributed by atoms with van der Waals surface area (Å²) in [4.78, 5) is 22.7. The number of hydrogen-bond donors (Lipinski definition) is 1. The number of rotatable bonds is 7. The molecule has 5 rings (SSSR count). The Labute approximate surface area is 203 Å². The van der Waals surface area contributed by atoms with E-state index < -0.39 is 0 Å². The van der Waals surface area contributed by atoms with Gasteiger partial charge in [-0.3, -0.25) is 4.79 Å². The van der Waals surface area contributed by atoms with Crippen LogP contribution in [0.15, 0.2) is 33.1 Å². The van der Waals surface area contributed by atoms with Crippen LogP contribution < -0.4 is 5.32 Å². The molecular weight excluding hydrogens is 474 g/mol. The predicted molar refractivity (Wildman–Crippen MR) is 131 cm³/mol. The fourth-order valence-electron chi connectivity index (χ4n) is 3.86. The average Bonchev–Trinajstić information content (AvgIpc) is 3.52. The monoisotopic (exact) mass is 495 g/mol. The largest absolute Gasteiger partial charge is 0.339 e. The third-order valence-electron chi connectivity index (χ3n) is 5.55. The number of hydrogen-bond acceptors (Lipinski definition) is 9. The van der Waals surface area contributed by atoms with E-state index in [1.165, 1.54) is 16.2 Å². The minimum absolute atomic E-state index is 0.151. The van der Waals surface area contributed by atoms with Gasteiger partial charge in [-0.1, -0.05) is 36.0 Å². The Morgan fingerprint density at radius 1 is 1.33 bits per heavy atom. The first-order valence-electron chi connectivity index (χ1n) is 10.7. The van der Waals surface area contributed by atoms with Crippen molar-refractivity contribution in [2.24, 2.45) is 5.92 Å². The van der Waals surface area contributed by atoms with E-state index in [1.807, 2.05) is 18.2 Å². The lowest BCUT2D eigenvalue weighted by Crippen LogP contribution is -2.12. The van der Waals surface area contributed by atoms with Crippen LogP contribution in [-0.4, -0.2) is 21.0 Å². The summed E-state index contributed by atoms with van der Waals surface area (Å²) in [5.41, 5.74) is 2.73. The Kier molecular flexibility index (Phi) is 6.44. The molecule has 1 N–H and O–H groups in total. The van der Waals surface area contributed by atoms with Crippen molar-refractivity contribution in [1.82, 2.24) is 15.1 Å². The predicted octanol–water partition coefficient (Wildman–Crippen LogP) is 5.60. The molecule has 0 bridgehead atoms. The molecule has 1 aliphatic rings. The van der Waals surface area contributed by atoms with E-state index in [0.29, 0.717) is 40.4 Å². The molecule has 0 spiro atoms. The maximum Gasteiger partial charge on any atom is 0.227 e. The summed E-state index contributed by atoms with van der Waals surface area (Å²) in [6, 6.07) is 10.3. The third kappa shape index (κ3) is 4.95. The lowest BCUT2D eigenvalue weighted by Gasteiger charge is -2.17. The number of aryl methyl sites for hydroxylation is 1. The van der Waals surface area contributed by atoms with Crippen LogP contribution in [0, 0.1) is 17.2 Å². The topological polar surface area (TPSA) is 105 Å². The van der Waals surface area contributed by atoms with Crippen LogP contribution in [0.2, 0.25) is 0 Å². The molecule has 1 atom stereocenters. The SMILES string of the molecule is C[C@H]1CCc2c(sc(NC(=O)CCc3nc(CSc4nc5ccccc5s4)no3)c2C#N)C1. The first-order valence-corrected chi connectivity index (χ1v) is 13.3. The van der Waals surface area contributed by atoms with E-state index in [1.54, 1.807) is 23.1 Å². The molecule has 0 saturated carbocycles. The Bertz CT molecular complexity index is 1320. The Morgan fingerprint density at radius 2 is 2.21 bits per heavy atom. The van der Waals surface area contributed by atoms with Crippen molar-refractivity contribution in [2.45, 2.75) is 49.1 Å². The molecule has 1 aliphatic carbocycles. The molecule has 1 amide bonds. The molecule has 0 aliphatic heterocycles. The molecule has 0 radical (unpaired) electrons. The molecule has 3 heterocycles. The number of amides is 1. The maximum absolute atomic E-state index is 12.5. The number of aromatic nitrogens is 3. The van der Waals surface area contributed by atoms with Crippen molar-refractivity contribution >= 4 is 55.6 Å². The van der Waals surface area contributed by atoms with Crippen LogP contribution in [0.5, 0.6) is 0 Å². The number of carbonyl (C=O) groups is 1. The van der Waals surface area contributed by atoms with Crippen molar-refractivity contribution in [1.29, 1.82) is 5.26 Å². The Hall–Kier alpha value is -2.74. The average molecular weight is 496 g/mol. The van der Waals surface area contributed by atoms with Crippen LogP contribution in [0.1, 0.15) is 47.5 Å². The summed E-state index contributed by atoms with van der Waals surface area (Å²) in [6.45, 7) is 2.23. The number of thiophene rings is 1. The molecule has 4 aromatic rings. The van der Waals surface area contributed by atoms with E-state index in [9.17, 15) is 10.1 Å². The summed E-state index contributed by atoms with van der Waals surface area (Å²) in [6.07, 6.45) is 3.55. The van der Waals surface area contributed by atoms with E-state index in [2.05, 4.69) is 39.5 Å². The second kappa shape index (κ2) is 9.63. The molecular formula is C23H21N5O2S3. The number of fused-ring (bicyclic) bond motifs is 2. The van der Waals surface area contributed by atoms with Gasteiger partial charge >= 0.3 is 0 Å². The molecule has 1 aromatic carbocycles. The summed E-state index contributed by atoms with van der Waals surface area (Å²) >= 11 is 4.75. The Balaban J connectivity index is 1.15. The molecule has 168 valence electrons. The third-order valence-corrected chi connectivity index (χ3v) is 8.90. The highest BCUT2D eigenvalue weighted by molar-refractivity contribution is 8.00. The zero-order chi connectivity index (χ0) is 22.8. The van der Waals surface area contributed by atoms with Crippen LogP contribution in [-0.2, 0) is 29.8 Å². The van der Waals surface area contributed by atoms with Crippen LogP contribution in [0.3, 0.4) is 0 Å². The van der Waals surface area contributed by atoms with Crippen LogP contribution in [0.4, 0.5) is 5.00 Å². The van der Waals surface area contributed by atoms with Gasteiger partial charge in [-0.2, -0.15) is 10.2 Å². The fourth-order valence-corrected chi connectivity index (χ4v) is 7.15. The molecule has 10 heteroatoms. The Morgan fingerprint density at radius 3 is 3.06 bits per heavy atom. The smallest absolute Gasteiger partial charge is 0.227 e. The number of nitrogens with zero attached hydrogens (tertiary/aromatic N) is 4. The van der Waals surface area contributed by atoms with Gasteiger partial charge in [-0.15, -0.1) is 22.7 Å². The number of benzene rings is 1. The van der Waals surface area contributed by atoms with E-state index >= 15 is 0 Å². The quantitative estimate of drug-likeness (QED) is 0.333. The second-order valence-corrected chi connectivity index (χ2v) is 11.4. The van der Waals surface area contributed by atoms with Gasteiger partial charge in [0.05, 0.1) is 21.5 Å². The van der Waals surface area contributed by atoms with Crippen molar-refractivity contribution < 1.29 is 9.32 Å². The molecule has 0 unspecified atom stereocenters. The number of para-hydroxylation sites is 1. The summed E-state index contributed by atoms with van der Waals surface area (Å²) in [7, 11) is 0. The first-order chi connectivity index (χ1) is 16.1. The minimum Gasteiger partial charge on any atom is -0.339 e. The van der Waals surface area contributed by atoms with Crippen molar-refractivity contribution in [3.63, 3.8) is 0 Å². The molecule has 7 nitrogen and oxygen atoms in total. The standard InChI is InChI=1S/C23H21N5O2S3/c1-13-6-7-14-15(11-24)22(32-18(14)10-13)27-20(29)8-9-21-26-19(28-30-21)12-31-23-25-16-4-2-3-5-17(16)33-23/h2-5,13H,6-10,12H2,1H3,(H,27,29)/t13-/m0/s1. The summed E-state index contributed by atoms with van der Waals surface area (Å²) in [5.74, 6) is 2.04. The number of nitriles is 1. The van der Waals surface area contributed by atoms with Gasteiger partial charge in [-0.25, -0.2) is 4.98 Å². The van der Waals surface area contributed by atoms with E-state index in [4.69, 9.17) is 4.52 Å². The van der Waals surface area contributed by atoms with Crippen molar-refractivity contribution in [3.05, 3.63) is 52.0 Å². The number of anilines is 1. The van der Waals surface area contributed by atoms with Gasteiger partial charge in [-0.05, 0) is 42.9 Å². The number of thioether (sulfide) groups is 1. The maximum atomic E-state index is 12.5. The zero-order valence-corrected chi connectivity index (χ0v) is 20.4. The lowest BCUT2D eigenvalue weighted by atomic mass is 9.88. The van der Waals surface area contributed by atoms with Crippen LogP contribution >= 0.6 is 34.4 Å². The van der Waals surface area contributed by atoms with Gasteiger partial charge in [0.1, 0.15) is 11.1 Å². The highest BCUT2D eigenvalue weighted by Crippen LogP contribution is 2.39. The lowest BCUT2D eigenvalue weighted by molar-refractivity contribution is -0.116. The van der Waals surface area contributed by atoms with Crippen molar-refractivity contribution in [3.8, 4) is 6.07 Å². The zero-order valence-electron chi connectivity index (χ0n) is 18.0. The van der Waals surface area contributed by atoms with E-state index in [-0.39, 0.29) is 12.3 Å². The molecule has 0 fully saturated rings. The first kappa shape index (κ1) is 22.1. The second-order valence-electron chi connectivity index (χ2n) is 8.06. The van der Waals surface area contributed by atoms with Gasteiger partial charge < -0.3 is 9.84 Å². The van der Waals surface area contributed by atoms with Gasteiger partial charge in [0.25, 0.3) is 0 Å². The van der Waals surface area contributed by atoms with Gasteiger partial charge in [0.15, 0.2) is 10.2 Å². The van der Waals surface area contributed by atoms with Gasteiger partial charge in [0.2, 0.25) is 11.8 Å². The summed E-state index contributed by atoms with van der Waals surface area (Å²) in [5, 5.41) is 17.2. The highest BCUT2D eigenvalue weighted by Gasteiger charge is 2.24. The van der Waals surface area contributed by atoms with Gasteiger partial charge in [0, 0.05) is 17.7 Å². The fraction of sp³-hybridized carbons (Fsp3) is 0.348. The number of carbonyl (C=O) groups excluding carboxylic acids is 1. The summed E-state index contributed by atoms with van der Waals surface area (Å²) < 4.78 is 7.43. The minimum atomic E-state index is -0.151. The number of nitrogens with one attached hydrogen (secondary N) is 1. The molecule has 0 saturated heterocycles. The highest BCUT2D eigenvalue weighted by atomic mass is 32.2. The number of thiazole rings is 1. The molecule has 33 heavy (non-hydrogen) atoms. The van der Waals surface area contributed by atoms with E-state index in [0.717, 1.165) is 39.4 Å². The molecule has 3 aromatic heterocycles. The van der Waals surface area contributed by atoms with Crippen molar-refractivity contribution in [2.75, 3.05) is 5.32 Å².